The lowest BCUT2D eigenvalue weighted by molar-refractivity contribution is 0.0342. The maximum absolute atomic E-state index is 12.1. The average molecular weight is 404 g/mol. The normalized spacial score (nSPS) is 15.8. The number of ether oxygens (including phenoxy) is 2. The van der Waals surface area contributed by atoms with Crippen molar-refractivity contribution in [3.05, 3.63) is 40.0 Å². The summed E-state index contributed by atoms with van der Waals surface area (Å²) >= 11 is 3.39. The fourth-order valence-corrected chi connectivity index (χ4v) is 3.66. The van der Waals surface area contributed by atoms with Crippen LogP contribution in [0.2, 0.25) is 0 Å². The highest BCUT2D eigenvalue weighted by Gasteiger charge is 2.18. The van der Waals surface area contributed by atoms with Gasteiger partial charge in [-0.15, -0.1) is 0 Å². The number of nitrogens with zero attached hydrogens (tertiary/aromatic N) is 2. The van der Waals surface area contributed by atoms with Gasteiger partial charge < -0.3 is 14.5 Å². The zero-order valence-electron chi connectivity index (χ0n) is 13.8. The minimum atomic E-state index is -0.381. The van der Waals surface area contributed by atoms with Crippen LogP contribution in [0.3, 0.4) is 0 Å². The molecule has 0 unspecified atom stereocenters. The topological polar surface area (TPSA) is 67.5 Å². The number of hydrogen-bond acceptors (Lipinski definition) is 5. The Morgan fingerprint density at radius 2 is 2.16 bits per heavy atom. The first kappa shape index (κ1) is 16.5. The van der Waals surface area contributed by atoms with Crippen molar-refractivity contribution in [1.29, 1.82) is 0 Å². The molecule has 3 heterocycles. The number of halogens is 1. The molecule has 0 radical (unpaired) electrons. The van der Waals surface area contributed by atoms with E-state index in [0.29, 0.717) is 15.7 Å². The lowest BCUT2D eigenvalue weighted by Crippen LogP contribution is -2.35. The molecular formula is C18H18BrN3O3. The number of esters is 1. The highest BCUT2D eigenvalue weighted by molar-refractivity contribution is 9.10. The van der Waals surface area contributed by atoms with E-state index in [1.165, 1.54) is 12.7 Å². The van der Waals surface area contributed by atoms with Gasteiger partial charge >= 0.3 is 5.97 Å². The number of hydrogen-bond donors (Lipinski definition) is 1. The van der Waals surface area contributed by atoms with Gasteiger partial charge in [0.2, 0.25) is 0 Å². The van der Waals surface area contributed by atoms with Gasteiger partial charge in [-0.1, -0.05) is 6.07 Å². The summed E-state index contributed by atoms with van der Waals surface area (Å²) in [7, 11) is 1.38. The van der Waals surface area contributed by atoms with Gasteiger partial charge in [0.05, 0.1) is 36.9 Å². The van der Waals surface area contributed by atoms with Crippen molar-refractivity contribution >= 4 is 43.8 Å². The maximum atomic E-state index is 12.1. The summed E-state index contributed by atoms with van der Waals surface area (Å²) in [5.74, 6) is -0.381. The number of pyridine rings is 1. The van der Waals surface area contributed by atoms with Crippen LogP contribution in [0.15, 0.2) is 28.9 Å². The largest absolute Gasteiger partial charge is 0.465 e. The number of aromatic nitrogens is 2. The molecule has 1 aliphatic heterocycles. The summed E-state index contributed by atoms with van der Waals surface area (Å²) < 4.78 is 10.9. The molecule has 0 saturated carbocycles. The molecule has 1 fully saturated rings. The van der Waals surface area contributed by atoms with E-state index in [1.54, 1.807) is 6.07 Å². The Bertz CT molecular complexity index is 948. The molecule has 0 atom stereocenters. The molecule has 25 heavy (non-hydrogen) atoms. The highest BCUT2D eigenvalue weighted by Crippen LogP contribution is 2.29. The van der Waals surface area contributed by atoms with Crippen molar-refractivity contribution in [2.75, 3.05) is 33.4 Å². The third-order valence-electron chi connectivity index (χ3n) is 4.50. The smallest absolute Gasteiger partial charge is 0.340 e. The monoisotopic (exact) mass is 403 g/mol. The number of aromatic amines is 1. The lowest BCUT2D eigenvalue weighted by atomic mass is 10.1. The van der Waals surface area contributed by atoms with Crippen LogP contribution in [-0.2, 0) is 16.0 Å². The summed E-state index contributed by atoms with van der Waals surface area (Å²) in [5.41, 5.74) is 4.13. The molecule has 130 valence electrons. The molecule has 0 bridgehead atoms. The Kier molecular flexibility index (Phi) is 4.45. The Balaban J connectivity index is 1.79. The number of fused-ring (bicyclic) bond motifs is 3. The third-order valence-corrected chi connectivity index (χ3v) is 4.91. The van der Waals surface area contributed by atoms with E-state index in [-0.39, 0.29) is 5.97 Å². The van der Waals surface area contributed by atoms with E-state index < -0.39 is 0 Å². The minimum absolute atomic E-state index is 0.381. The second-order valence-electron chi connectivity index (χ2n) is 6.10. The van der Waals surface area contributed by atoms with Gasteiger partial charge in [0, 0.05) is 30.5 Å². The number of carbonyl (C=O) groups is 1. The number of rotatable bonds is 3. The van der Waals surface area contributed by atoms with Crippen LogP contribution < -0.4 is 0 Å². The lowest BCUT2D eigenvalue weighted by Gasteiger charge is -2.26. The fraction of sp³-hybridized carbons (Fsp3) is 0.333. The number of carbonyl (C=O) groups excluding carboxylic acids is 1. The predicted molar refractivity (Wildman–Crippen MR) is 98.7 cm³/mol. The SMILES string of the molecule is COC(=O)c1cc(Br)nc2c1[nH]c1ccc(CN3CCOCC3)cc12. The second-order valence-corrected chi connectivity index (χ2v) is 6.91. The minimum Gasteiger partial charge on any atom is -0.465 e. The Morgan fingerprint density at radius 3 is 2.92 bits per heavy atom. The molecule has 0 spiro atoms. The molecule has 1 saturated heterocycles. The van der Waals surface area contributed by atoms with Crippen molar-refractivity contribution in [2.24, 2.45) is 0 Å². The number of H-pyrrole nitrogens is 1. The van der Waals surface area contributed by atoms with Crippen LogP contribution in [0, 0.1) is 0 Å². The maximum Gasteiger partial charge on any atom is 0.340 e. The molecular weight excluding hydrogens is 386 g/mol. The van der Waals surface area contributed by atoms with Crippen LogP contribution in [0.1, 0.15) is 15.9 Å². The van der Waals surface area contributed by atoms with Crippen molar-refractivity contribution in [2.45, 2.75) is 6.54 Å². The third kappa shape index (κ3) is 3.15. The number of methoxy groups -OCH3 is 1. The van der Waals surface area contributed by atoms with Gasteiger partial charge in [-0.05, 0) is 39.7 Å². The molecule has 7 heteroatoms. The van der Waals surface area contributed by atoms with E-state index in [9.17, 15) is 4.79 Å². The van der Waals surface area contributed by atoms with Gasteiger partial charge in [0.15, 0.2) is 0 Å². The standard InChI is InChI=1S/C18H18BrN3O3/c1-24-18(23)13-9-15(19)21-16-12-8-11(2-3-14(12)20-17(13)16)10-22-4-6-25-7-5-22/h2-3,8-9,20H,4-7,10H2,1H3. The number of morpholine rings is 1. The van der Waals surface area contributed by atoms with Crippen LogP contribution in [-0.4, -0.2) is 54.3 Å². The van der Waals surface area contributed by atoms with Gasteiger partial charge in [0.25, 0.3) is 0 Å². The Labute approximate surface area is 153 Å². The Morgan fingerprint density at radius 1 is 1.36 bits per heavy atom. The van der Waals surface area contributed by atoms with Gasteiger partial charge in [-0.3, -0.25) is 4.90 Å². The molecule has 6 nitrogen and oxygen atoms in total. The van der Waals surface area contributed by atoms with Crippen LogP contribution >= 0.6 is 15.9 Å². The molecule has 2 aromatic heterocycles. The van der Waals surface area contributed by atoms with E-state index in [2.05, 4.69) is 42.9 Å². The summed E-state index contributed by atoms with van der Waals surface area (Å²) in [4.78, 5) is 22.3. The van der Waals surface area contributed by atoms with Gasteiger partial charge in [0.1, 0.15) is 4.60 Å². The summed E-state index contributed by atoms with van der Waals surface area (Å²) in [6, 6.07) is 7.98. The molecule has 3 aromatic rings. The summed E-state index contributed by atoms with van der Waals surface area (Å²) in [6.07, 6.45) is 0. The van der Waals surface area contributed by atoms with Crippen LogP contribution in [0.25, 0.3) is 21.9 Å². The molecule has 1 N–H and O–H groups in total. The molecule has 0 aliphatic carbocycles. The van der Waals surface area contributed by atoms with E-state index >= 15 is 0 Å². The predicted octanol–water partition coefficient (Wildman–Crippen LogP) is 3.10. The number of nitrogens with one attached hydrogen (secondary N) is 1. The molecule has 1 aliphatic rings. The first-order valence-corrected chi connectivity index (χ1v) is 8.94. The molecule has 1 aromatic carbocycles. The molecule has 4 rings (SSSR count). The van der Waals surface area contributed by atoms with Crippen molar-refractivity contribution in [3.8, 4) is 0 Å². The number of benzene rings is 1. The van der Waals surface area contributed by atoms with E-state index in [4.69, 9.17) is 9.47 Å². The van der Waals surface area contributed by atoms with Crippen LogP contribution in [0.4, 0.5) is 0 Å². The fourth-order valence-electron chi connectivity index (χ4n) is 3.25. The molecule has 0 amide bonds. The van der Waals surface area contributed by atoms with E-state index in [1.807, 2.05) is 6.07 Å². The second kappa shape index (κ2) is 6.74. The quantitative estimate of drug-likeness (QED) is 0.537. The Hall–Kier alpha value is -1.96. The van der Waals surface area contributed by atoms with Crippen molar-refractivity contribution < 1.29 is 14.3 Å². The van der Waals surface area contributed by atoms with Crippen LogP contribution in [0.5, 0.6) is 0 Å². The highest BCUT2D eigenvalue weighted by atomic mass is 79.9. The van der Waals surface area contributed by atoms with Gasteiger partial charge in [-0.25, -0.2) is 9.78 Å². The summed E-state index contributed by atoms with van der Waals surface area (Å²) in [5, 5.41) is 1.01. The summed E-state index contributed by atoms with van der Waals surface area (Å²) in [6.45, 7) is 4.34. The zero-order valence-corrected chi connectivity index (χ0v) is 15.4. The van der Waals surface area contributed by atoms with Crippen molar-refractivity contribution in [3.63, 3.8) is 0 Å². The van der Waals surface area contributed by atoms with E-state index in [0.717, 1.165) is 49.3 Å². The van der Waals surface area contributed by atoms with Crippen molar-refractivity contribution in [1.82, 2.24) is 14.9 Å². The van der Waals surface area contributed by atoms with Gasteiger partial charge in [-0.2, -0.15) is 0 Å². The zero-order chi connectivity index (χ0) is 17.4. The first-order valence-electron chi connectivity index (χ1n) is 8.15. The first-order chi connectivity index (χ1) is 12.2. The average Bonchev–Trinajstić information content (AvgIpc) is 2.99.